The van der Waals surface area contributed by atoms with Crippen molar-refractivity contribution in [2.75, 3.05) is 20.1 Å². The highest BCUT2D eigenvalue weighted by atomic mass is 32.2. The van der Waals surface area contributed by atoms with Crippen LogP contribution in [0.2, 0.25) is 0 Å². The molecule has 1 fully saturated rings. The minimum Gasteiger partial charge on any atom is -0.347 e. The number of allylic oxidation sites excluding steroid dienone is 8. The number of amides is 1. The van der Waals surface area contributed by atoms with Crippen molar-refractivity contribution < 1.29 is 4.79 Å². The molecule has 0 saturated carbocycles. The molecule has 5 nitrogen and oxygen atoms in total. The third-order valence-corrected chi connectivity index (χ3v) is 7.38. The number of fused-ring (bicyclic) bond motifs is 1. The summed E-state index contributed by atoms with van der Waals surface area (Å²) in [5.41, 5.74) is 4.10. The number of thioether (sulfide) groups is 1. The lowest BCUT2D eigenvalue weighted by Gasteiger charge is -2.29. The second kappa shape index (κ2) is 15.3. The minimum absolute atomic E-state index is 0.00615. The van der Waals surface area contributed by atoms with Crippen molar-refractivity contribution in [3.63, 3.8) is 0 Å². The summed E-state index contributed by atoms with van der Waals surface area (Å²) in [6, 6.07) is -0.0141. The zero-order chi connectivity index (χ0) is 26.5. The lowest BCUT2D eigenvalue weighted by Crippen LogP contribution is -2.40. The van der Waals surface area contributed by atoms with Crippen LogP contribution in [-0.4, -0.2) is 48.5 Å². The number of nitrogens with one attached hydrogen (secondary N) is 1. The number of carbonyl (C=O) groups excluding carboxylic acids is 1. The average molecular weight is 507 g/mol. The van der Waals surface area contributed by atoms with E-state index in [1.807, 2.05) is 45.2 Å². The molecule has 1 saturated heterocycles. The summed E-state index contributed by atoms with van der Waals surface area (Å²) in [6.07, 6.45) is 18.3. The highest BCUT2D eigenvalue weighted by Crippen LogP contribution is 2.34. The molecule has 2 atom stereocenters. The molecule has 0 bridgehead atoms. The van der Waals surface area contributed by atoms with Gasteiger partial charge in [0.2, 0.25) is 5.91 Å². The van der Waals surface area contributed by atoms with Crippen LogP contribution in [0.1, 0.15) is 53.9 Å². The van der Waals surface area contributed by atoms with E-state index in [1.165, 1.54) is 5.70 Å². The quantitative estimate of drug-likeness (QED) is 0.181. The average Bonchev–Trinajstić information content (AvgIpc) is 3.31. The van der Waals surface area contributed by atoms with Crippen molar-refractivity contribution in [3.8, 4) is 0 Å². The Morgan fingerprint density at radius 1 is 1.33 bits per heavy atom. The number of hydrogen-bond acceptors (Lipinski definition) is 5. The number of carbonyl (C=O) groups is 1. The molecule has 2 rings (SSSR count). The monoisotopic (exact) mass is 506 g/mol. The van der Waals surface area contributed by atoms with Crippen molar-refractivity contribution >= 4 is 29.2 Å². The van der Waals surface area contributed by atoms with Crippen molar-refractivity contribution in [2.45, 2.75) is 59.9 Å². The van der Waals surface area contributed by atoms with Crippen molar-refractivity contribution in [2.24, 2.45) is 15.9 Å². The third kappa shape index (κ3) is 7.57. The maximum Gasteiger partial charge on any atom is 0.247 e. The molecule has 0 aromatic carbocycles. The lowest BCUT2D eigenvalue weighted by atomic mass is 9.96. The van der Waals surface area contributed by atoms with E-state index in [-0.39, 0.29) is 17.9 Å². The van der Waals surface area contributed by atoms with Gasteiger partial charge in [-0.1, -0.05) is 81.6 Å². The number of nitrogens with zero attached hydrogens (tertiary/aromatic N) is 3. The summed E-state index contributed by atoms with van der Waals surface area (Å²) >= 11 is 1.67. The molecule has 194 valence electrons. The molecule has 0 aromatic heterocycles. The maximum absolute atomic E-state index is 13.4. The van der Waals surface area contributed by atoms with Crippen LogP contribution in [0.15, 0.2) is 92.3 Å². The van der Waals surface area contributed by atoms with E-state index in [1.54, 1.807) is 17.8 Å². The van der Waals surface area contributed by atoms with Gasteiger partial charge in [-0.15, -0.1) is 0 Å². The SMILES string of the molecule is C=C/C=C\C=C(\C(=O)NC1CC2=C(C(/C=C\CC)=NC)CN=C(C(=CC)S/C=C\C)N2C1)C(C)CC. The first-order chi connectivity index (χ1) is 17.4. The summed E-state index contributed by atoms with van der Waals surface area (Å²) in [5, 5.41) is 5.40. The molecule has 0 spiro atoms. The maximum atomic E-state index is 13.4. The molecular formula is C30H42N4OS. The first kappa shape index (κ1) is 29.4. The zero-order valence-electron chi connectivity index (χ0n) is 22.8. The molecule has 6 heteroatoms. The van der Waals surface area contributed by atoms with E-state index in [2.05, 4.69) is 66.2 Å². The molecule has 2 unspecified atom stereocenters. The van der Waals surface area contributed by atoms with Gasteiger partial charge in [-0.25, -0.2) is 0 Å². The third-order valence-electron chi connectivity index (χ3n) is 6.30. The Labute approximate surface area is 222 Å². The van der Waals surface area contributed by atoms with Gasteiger partial charge in [-0.2, -0.15) is 0 Å². The highest BCUT2D eigenvalue weighted by molar-refractivity contribution is 8.06. The fraction of sp³-hybridized carbons (Fsp3) is 0.433. The molecule has 2 aliphatic rings. The van der Waals surface area contributed by atoms with Gasteiger partial charge in [0, 0.05) is 41.8 Å². The molecule has 0 aromatic rings. The molecule has 0 aliphatic carbocycles. The van der Waals surface area contributed by atoms with Gasteiger partial charge in [0.25, 0.3) is 0 Å². The van der Waals surface area contributed by atoms with E-state index in [9.17, 15) is 4.79 Å². The summed E-state index contributed by atoms with van der Waals surface area (Å²) in [4.78, 5) is 26.3. The Kier molecular flexibility index (Phi) is 12.5. The second-order valence-electron chi connectivity index (χ2n) is 8.76. The summed E-state index contributed by atoms with van der Waals surface area (Å²) < 4.78 is 0. The van der Waals surface area contributed by atoms with Gasteiger partial charge in [-0.05, 0) is 44.1 Å². The fourth-order valence-electron chi connectivity index (χ4n) is 4.23. The molecule has 0 radical (unpaired) electrons. The van der Waals surface area contributed by atoms with Gasteiger partial charge >= 0.3 is 0 Å². The van der Waals surface area contributed by atoms with Crippen LogP contribution in [0, 0.1) is 5.92 Å². The number of hydrogen-bond donors (Lipinski definition) is 1. The number of rotatable bonds is 12. The topological polar surface area (TPSA) is 57.1 Å². The van der Waals surface area contributed by atoms with Crippen LogP contribution in [0.4, 0.5) is 0 Å². The highest BCUT2D eigenvalue weighted by Gasteiger charge is 2.37. The smallest absolute Gasteiger partial charge is 0.247 e. The zero-order valence-corrected chi connectivity index (χ0v) is 23.6. The normalized spacial score (nSPS) is 20.5. The Balaban J connectivity index is 2.42. The van der Waals surface area contributed by atoms with Gasteiger partial charge in [0.05, 0.1) is 18.3 Å². The summed E-state index contributed by atoms with van der Waals surface area (Å²) in [5.74, 6) is 1.13. The van der Waals surface area contributed by atoms with Crippen molar-refractivity contribution in [1.82, 2.24) is 10.2 Å². The Bertz CT molecular complexity index is 1040. The van der Waals surface area contributed by atoms with Crippen molar-refractivity contribution in [1.29, 1.82) is 0 Å². The minimum atomic E-state index is -0.0141. The molecule has 2 aliphatic heterocycles. The van der Waals surface area contributed by atoms with E-state index >= 15 is 0 Å². The summed E-state index contributed by atoms with van der Waals surface area (Å²) in [7, 11) is 1.83. The van der Waals surface area contributed by atoms with E-state index < -0.39 is 0 Å². The standard InChI is InChI=1S/C30H42N4OS/c1-8-13-15-16-24(22(6)11-4)30(35)33-23-19-27-25(26(31-7)17-14-9-2)20-32-29(34(27)21-23)28(12-5)36-18-10-3/h8,10,12-18,22-23H,1,9,11,19-21H2,2-7H3,(H,33,35)/b15-13-,17-14-,18-10-,24-16+,28-12?,31-26?. The Morgan fingerprint density at radius 3 is 2.72 bits per heavy atom. The van der Waals surface area contributed by atoms with Gasteiger partial charge in [0.15, 0.2) is 0 Å². The predicted octanol–water partition coefficient (Wildman–Crippen LogP) is 6.77. The van der Waals surface area contributed by atoms with Crippen LogP contribution in [-0.2, 0) is 4.79 Å². The largest absolute Gasteiger partial charge is 0.347 e. The van der Waals surface area contributed by atoms with Crippen LogP contribution in [0.25, 0.3) is 0 Å². The summed E-state index contributed by atoms with van der Waals surface area (Å²) in [6.45, 7) is 15.4. The fourth-order valence-corrected chi connectivity index (χ4v) is 4.93. The van der Waals surface area contributed by atoms with Crippen molar-refractivity contribution in [3.05, 3.63) is 82.3 Å². The van der Waals surface area contributed by atoms with Gasteiger partial charge in [-0.3, -0.25) is 14.8 Å². The van der Waals surface area contributed by atoms with E-state index in [4.69, 9.17) is 4.99 Å². The van der Waals surface area contributed by atoms with Crippen LogP contribution in [0.5, 0.6) is 0 Å². The van der Waals surface area contributed by atoms with Crippen LogP contribution < -0.4 is 5.32 Å². The molecule has 2 heterocycles. The molecule has 36 heavy (non-hydrogen) atoms. The van der Waals surface area contributed by atoms with E-state index in [0.717, 1.165) is 46.9 Å². The van der Waals surface area contributed by atoms with Gasteiger partial charge < -0.3 is 10.2 Å². The molecule has 1 amide bonds. The molecule has 1 N–H and O–H groups in total. The Hall–Kier alpha value is -2.86. The first-order valence-corrected chi connectivity index (χ1v) is 13.8. The van der Waals surface area contributed by atoms with Crippen LogP contribution >= 0.6 is 11.8 Å². The number of amidine groups is 1. The first-order valence-electron chi connectivity index (χ1n) is 12.9. The lowest BCUT2D eigenvalue weighted by molar-refractivity contribution is -0.118. The number of aliphatic imine (C=N–C) groups is 2. The second-order valence-corrected chi connectivity index (χ2v) is 9.71. The van der Waals surface area contributed by atoms with Crippen LogP contribution in [0.3, 0.4) is 0 Å². The predicted molar refractivity (Wildman–Crippen MR) is 158 cm³/mol. The Morgan fingerprint density at radius 2 is 2.11 bits per heavy atom. The van der Waals surface area contributed by atoms with Gasteiger partial charge in [0.1, 0.15) is 5.84 Å². The molecular weight excluding hydrogens is 464 g/mol. The van der Waals surface area contributed by atoms with E-state index in [0.29, 0.717) is 13.1 Å².